The first-order chi connectivity index (χ1) is 9.23. The molecule has 3 nitrogen and oxygen atoms in total. The van der Waals surface area contributed by atoms with E-state index in [0.717, 1.165) is 22.6 Å². The normalized spacial score (nSPS) is 12.6. The van der Waals surface area contributed by atoms with Gasteiger partial charge in [0.25, 0.3) is 0 Å². The number of hydrogen-bond donors (Lipinski definition) is 0. The number of carbonyl (C=O) groups excluding carboxylic acids is 1. The van der Waals surface area contributed by atoms with Crippen molar-refractivity contribution in [3.05, 3.63) is 48.0 Å². The van der Waals surface area contributed by atoms with Gasteiger partial charge in [0.15, 0.2) is 15.6 Å². The van der Waals surface area contributed by atoms with E-state index in [2.05, 4.69) is 0 Å². The fourth-order valence-electron chi connectivity index (χ4n) is 2.04. The van der Waals surface area contributed by atoms with E-state index in [1.807, 2.05) is 42.5 Å². The quantitative estimate of drug-likeness (QED) is 0.870. The predicted molar refractivity (Wildman–Crippen MR) is 81.6 cm³/mol. The average molecular weight is 290 g/mol. The van der Waals surface area contributed by atoms with Crippen LogP contribution in [0.5, 0.6) is 0 Å². The van der Waals surface area contributed by atoms with Crippen LogP contribution in [0.3, 0.4) is 0 Å². The summed E-state index contributed by atoms with van der Waals surface area (Å²) >= 11 is 0. The topological polar surface area (TPSA) is 51.2 Å². The first-order valence-corrected chi connectivity index (χ1v) is 8.32. The molecule has 2 rings (SSSR count). The van der Waals surface area contributed by atoms with Gasteiger partial charge in [0.05, 0.1) is 0 Å². The fraction of sp³-hybridized carbons (Fsp3) is 0.312. The maximum atomic E-state index is 12.3. The van der Waals surface area contributed by atoms with Crippen LogP contribution < -0.4 is 0 Å². The highest BCUT2D eigenvalue weighted by atomic mass is 32.2. The Morgan fingerprint density at radius 1 is 1.05 bits per heavy atom. The lowest BCUT2D eigenvalue weighted by atomic mass is 9.96. The zero-order valence-electron chi connectivity index (χ0n) is 11.9. The summed E-state index contributed by atoms with van der Waals surface area (Å²) in [5.41, 5.74) is 0.866. The lowest BCUT2D eigenvalue weighted by Gasteiger charge is -2.21. The molecular weight excluding hydrogens is 272 g/mol. The molecule has 4 heteroatoms. The van der Waals surface area contributed by atoms with E-state index in [1.165, 1.54) is 13.8 Å². The standard InChI is InChI=1S/C16H18O3S/c1-16(2,20(3,18)19)15(17)11-13-9-6-8-12-7-4-5-10-14(12)13/h4-10H,11H2,1-3H3. The molecule has 2 aromatic rings. The monoisotopic (exact) mass is 290 g/mol. The van der Waals surface area contributed by atoms with Crippen LogP contribution >= 0.6 is 0 Å². The number of sulfone groups is 1. The molecule has 0 aliphatic heterocycles. The van der Waals surface area contributed by atoms with Gasteiger partial charge in [0.2, 0.25) is 0 Å². The summed E-state index contributed by atoms with van der Waals surface area (Å²) in [5, 5.41) is 2.04. The Morgan fingerprint density at radius 2 is 1.65 bits per heavy atom. The first kappa shape index (κ1) is 14.7. The first-order valence-electron chi connectivity index (χ1n) is 6.43. The molecule has 2 aromatic carbocycles. The van der Waals surface area contributed by atoms with Crippen molar-refractivity contribution in [3.8, 4) is 0 Å². The second kappa shape index (κ2) is 5.02. The van der Waals surface area contributed by atoms with Crippen molar-refractivity contribution in [1.82, 2.24) is 0 Å². The molecular formula is C16H18O3S. The fourth-order valence-corrected chi connectivity index (χ4v) is 2.52. The van der Waals surface area contributed by atoms with Gasteiger partial charge in [-0.1, -0.05) is 42.5 Å². The van der Waals surface area contributed by atoms with Crippen LogP contribution in [0.2, 0.25) is 0 Å². The van der Waals surface area contributed by atoms with Crippen LogP contribution in [0, 0.1) is 0 Å². The second-order valence-corrected chi connectivity index (χ2v) is 8.09. The van der Waals surface area contributed by atoms with Gasteiger partial charge in [-0.3, -0.25) is 4.79 Å². The van der Waals surface area contributed by atoms with Gasteiger partial charge in [-0.25, -0.2) is 8.42 Å². The minimum atomic E-state index is -3.42. The highest BCUT2D eigenvalue weighted by Crippen LogP contribution is 2.23. The van der Waals surface area contributed by atoms with Crippen LogP contribution in [0.15, 0.2) is 42.5 Å². The molecule has 0 radical (unpaired) electrons. The van der Waals surface area contributed by atoms with Gasteiger partial charge in [-0.2, -0.15) is 0 Å². The molecule has 106 valence electrons. The van der Waals surface area contributed by atoms with E-state index in [0.29, 0.717) is 0 Å². The van der Waals surface area contributed by atoms with Crippen LogP contribution in [0.1, 0.15) is 19.4 Å². The molecule has 0 unspecified atom stereocenters. The molecule has 0 amide bonds. The van der Waals surface area contributed by atoms with Crippen molar-refractivity contribution in [2.75, 3.05) is 6.26 Å². The molecule has 0 aliphatic rings. The number of ketones is 1. The molecule has 0 spiro atoms. The average Bonchev–Trinajstić information content (AvgIpc) is 2.37. The summed E-state index contributed by atoms with van der Waals surface area (Å²) in [5.74, 6) is -0.281. The minimum absolute atomic E-state index is 0.126. The van der Waals surface area contributed by atoms with Crippen molar-refractivity contribution < 1.29 is 13.2 Å². The maximum Gasteiger partial charge on any atom is 0.159 e. The Morgan fingerprint density at radius 3 is 2.30 bits per heavy atom. The van der Waals surface area contributed by atoms with E-state index >= 15 is 0 Å². The Labute approximate surface area is 119 Å². The van der Waals surface area contributed by atoms with Crippen molar-refractivity contribution in [1.29, 1.82) is 0 Å². The molecule has 0 aromatic heterocycles. The molecule has 0 heterocycles. The molecule has 0 saturated heterocycles. The van der Waals surface area contributed by atoms with E-state index in [9.17, 15) is 13.2 Å². The molecule has 0 saturated carbocycles. The van der Waals surface area contributed by atoms with E-state index < -0.39 is 14.6 Å². The Hall–Kier alpha value is -1.68. The third kappa shape index (κ3) is 2.61. The van der Waals surface area contributed by atoms with Crippen molar-refractivity contribution in [2.45, 2.75) is 25.0 Å². The molecule has 20 heavy (non-hydrogen) atoms. The highest BCUT2D eigenvalue weighted by molar-refractivity contribution is 7.92. The largest absolute Gasteiger partial charge is 0.298 e. The van der Waals surface area contributed by atoms with Crippen molar-refractivity contribution in [3.63, 3.8) is 0 Å². The Balaban J connectivity index is 2.41. The van der Waals surface area contributed by atoms with Gasteiger partial charge in [-0.05, 0) is 30.2 Å². The summed E-state index contributed by atoms with van der Waals surface area (Å²) in [6.07, 6.45) is 1.23. The summed E-state index contributed by atoms with van der Waals surface area (Å²) in [6.45, 7) is 2.94. The number of fused-ring (bicyclic) bond motifs is 1. The van der Waals surface area contributed by atoms with E-state index in [-0.39, 0.29) is 12.2 Å². The number of Topliss-reactive ketones (excluding diaryl/α,β-unsaturated/α-hetero) is 1. The van der Waals surface area contributed by atoms with Gasteiger partial charge in [0.1, 0.15) is 4.75 Å². The molecule has 0 aliphatic carbocycles. The van der Waals surface area contributed by atoms with Crippen molar-refractivity contribution >= 4 is 26.4 Å². The third-order valence-corrected chi connectivity index (χ3v) is 5.91. The smallest absolute Gasteiger partial charge is 0.159 e. The summed E-state index contributed by atoms with van der Waals surface area (Å²) in [7, 11) is -3.42. The zero-order chi connectivity index (χ0) is 15.0. The lowest BCUT2D eigenvalue weighted by molar-refractivity contribution is -0.120. The van der Waals surface area contributed by atoms with E-state index in [1.54, 1.807) is 0 Å². The van der Waals surface area contributed by atoms with Gasteiger partial charge >= 0.3 is 0 Å². The predicted octanol–water partition coefficient (Wildman–Crippen LogP) is 2.77. The zero-order valence-corrected chi connectivity index (χ0v) is 12.7. The van der Waals surface area contributed by atoms with Gasteiger partial charge in [-0.15, -0.1) is 0 Å². The summed E-state index contributed by atoms with van der Waals surface area (Å²) in [6, 6.07) is 13.5. The number of hydrogen-bond acceptors (Lipinski definition) is 3. The maximum absolute atomic E-state index is 12.3. The van der Waals surface area contributed by atoms with Crippen LogP contribution in [0.25, 0.3) is 10.8 Å². The Kier molecular flexibility index (Phi) is 3.69. The summed E-state index contributed by atoms with van der Waals surface area (Å²) in [4.78, 5) is 12.3. The molecule has 0 N–H and O–H groups in total. The Bertz CT molecular complexity index is 753. The number of benzene rings is 2. The van der Waals surface area contributed by atoms with Crippen LogP contribution in [0.4, 0.5) is 0 Å². The van der Waals surface area contributed by atoms with Crippen LogP contribution in [-0.2, 0) is 21.1 Å². The van der Waals surface area contributed by atoms with E-state index in [4.69, 9.17) is 0 Å². The molecule has 0 bridgehead atoms. The SMILES string of the molecule is CC(C)(C(=O)Cc1cccc2ccccc12)S(C)(=O)=O. The minimum Gasteiger partial charge on any atom is -0.298 e. The van der Waals surface area contributed by atoms with Gasteiger partial charge in [0, 0.05) is 12.7 Å². The number of rotatable bonds is 4. The second-order valence-electron chi connectivity index (χ2n) is 5.52. The van der Waals surface area contributed by atoms with Crippen LogP contribution in [-0.4, -0.2) is 25.2 Å². The molecule has 0 atom stereocenters. The highest BCUT2D eigenvalue weighted by Gasteiger charge is 2.37. The molecule has 0 fully saturated rings. The number of carbonyl (C=O) groups is 1. The third-order valence-electron chi connectivity index (χ3n) is 3.83. The van der Waals surface area contributed by atoms with Crippen molar-refractivity contribution in [2.24, 2.45) is 0 Å². The van der Waals surface area contributed by atoms with Gasteiger partial charge < -0.3 is 0 Å². The lowest BCUT2D eigenvalue weighted by Crippen LogP contribution is -2.40. The summed E-state index contributed by atoms with van der Waals surface area (Å²) < 4.78 is 22.1.